The quantitative estimate of drug-likeness (QED) is 0.872. The lowest BCUT2D eigenvalue weighted by Crippen LogP contribution is -2.41. The molecular weight excluding hydrogens is 296 g/mol. The van der Waals surface area contributed by atoms with Gasteiger partial charge < -0.3 is 15.1 Å². The highest BCUT2D eigenvalue weighted by atomic mass is 16.4. The maximum Gasteiger partial charge on any atom is 0.360 e. The van der Waals surface area contributed by atoms with Gasteiger partial charge in [-0.15, -0.1) is 15.0 Å². The molecule has 2 N–H and O–H groups in total. The summed E-state index contributed by atoms with van der Waals surface area (Å²) < 4.78 is 0. The highest BCUT2D eigenvalue weighted by molar-refractivity contribution is 5.91. The number of para-hydroxylation sites is 1. The summed E-state index contributed by atoms with van der Waals surface area (Å²) in [6.45, 7) is 0.814. The lowest BCUT2D eigenvalue weighted by Gasteiger charge is -2.35. The molecule has 3 rings (SSSR count). The van der Waals surface area contributed by atoms with Crippen LogP contribution in [0, 0.1) is 0 Å². The van der Waals surface area contributed by atoms with E-state index in [9.17, 15) is 15.0 Å². The standard InChI is InChI=1S/C16H20N4O3/c21-11-9-12-6-4-5-10-19(12)15-14(16(22)23)17-20(18-15)13-7-2-1-3-8-13/h1-3,7-8,12,21H,4-6,9-11H2,(H,22,23). The van der Waals surface area contributed by atoms with Crippen LogP contribution in [-0.2, 0) is 0 Å². The van der Waals surface area contributed by atoms with Crippen LogP contribution >= 0.6 is 0 Å². The van der Waals surface area contributed by atoms with E-state index >= 15 is 0 Å². The Bertz CT molecular complexity index is 669. The monoisotopic (exact) mass is 316 g/mol. The molecule has 0 aliphatic carbocycles. The summed E-state index contributed by atoms with van der Waals surface area (Å²) in [7, 11) is 0. The van der Waals surface area contributed by atoms with E-state index in [1.54, 1.807) is 0 Å². The first-order chi connectivity index (χ1) is 11.2. The Morgan fingerprint density at radius 1 is 1.22 bits per heavy atom. The molecule has 0 bridgehead atoms. The molecule has 1 fully saturated rings. The molecule has 1 aromatic heterocycles. The van der Waals surface area contributed by atoms with Gasteiger partial charge >= 0.3 is 5.97 Å². The largest absolute Gasteiger partial charge is 0.476 e. The molecule has 122 valence electrons. The number of rotatable bonds is 5. The van der Waals surface area contributed by atoms with Crippen molar-refractivity contribution in [2.24, 2.45) is 0 Å². The molecule has 0 amide bonds. The van der Waals surface area contributed by atoms with Gasteiger partial charge in [0, 0.05) is 19.2 Å². The Kier molecular flexibility index (Phi) is 4.57. The Morgan fingerprint density at radius 2 is 2.00 bits per heavy atom. The van der Waals surface area contributed by atoms with E-state index in [0.717, 1.165) is 31.5 Å². The number of aromatic carboxylic acids is 1. The second kappa shape index (κ2) is 6.78. The van der Waals surface area contributed by atoms with Crippen LogP contribution in [0.2, 0.25) is 0 Å². The van der Waals surface area contributed by atoms with Gasteiger partial charge in [0.05, 0.1) is 5.69 Å². The van der Waals surface area contributed by atoms with Crippen molar-refractivity contribution in [3.05, 3.63) is 36.0 Å². The summed E-state index contributed by atoms with van der Waals surface area (Å²) in [6, 6.07) is 9.36. The smallest absolute Gasteiger partial charge is 0.360 e. The average molecular weight is 316 g/mol. The number of hydrogen-bond donors (Lipinski definition) is 2. The van der Waals surface area contributed by atoms with Crippen LogP contribution < -0.4 is 4.90 Å². The van der Waals surface area contributed by atoms with Crippen molar-refractivity contribution >= 4 is 11.8 Å². The van der Waals surface area contributed by atoms with Crippen molar-refractivity contribution < 1.29 is 15.0 Å². The number of hydrogen-bond acceptors (Lipinski definition) is 5. The first-order valence-electron chi connectivity index (χ1n) is 7.84. The Hall–Kier alpha value is -2.41. The second-order valence-electron chi connectivity index (χ2n) is 5.66. The molecule has 7 heteroatoms. The highest BCUT2D eigenvalue weighted by Crippen LogP contribution is 2.27. The Morgan fingerprint density at radius 3 is 2.70 bits per heavy atom. The van der Waals surface area contributed by atoms with Crippen LogP contribution in [0.1, 0.15) is 36.2 Å². The van der Waals surface area contributed by atoms with Crippen molar-refractivity contribution in [2.75, 3.05) is 18.1 Å². The second-order valence-corrected chi connectivity index (χ2v) is 5.66. The minimum Gasteiger partial charge on any atom is -0.476 e. The molecule has 2 aromatic rings. The fourth-order valence-corrected chi connectivity index (χ4v) is 3.04. The number of benzene rings is 1. The molecule has 1 unspecified atom stereocenters. The summed E-state index contributed by atoms with van der Waals surface area (Å²) in [5, 5.41) is 27.3. The molecule has 0 radical (unpaired) electrons. The van der Waals surface area contributed by atoms with Gasteiger partial charge in [0.2, 0.25) is 5.69 Å². The van der Waals surface area contributed by atoms with Crippen LogP contribution in [-0.4, -0.2) is 50.4 Å². The fraction of sp³-hybridized carbons (Fsp3) is 0.438. The third-order valence-corrected chi connectivity index (χ3v) is 4.15. The van der Waals surface area contributed by atoms with E-state index in [-0.39, 0.29) is 18.3 Å². The van der Waals surface area contributed by atoms with E-state index in [0.29, 0.717) is 12.2 Å². The minimum atomic E-state index is -1.09. The van der Waals surface area contributed by atoms with Gasteiger partial charge in [-0.2, -0.15) is 0 Å². The summed E-state index contributed by atoms with van der Waals surface area (Å²) >= 11 is 0. The maximum atomic E-state index is 11.6. The molecule has 0 spiro atoms. The van der Waals surface area contributed by atoms with Crippen LogP contribution in [0.15, 0.2) is 30.3 Å². The first kappa shape index (κ1) is 15.5. The zero-order valence-electron chi connectivity index (χ0n) is 12.8. The Labute approximate surface area is 134 Å². The number of aliphatic hydroxyl groups excluding tert-OH is 1. The number of nitrogens with zero attached hydrogens (tertiary/aromatic N) is 4. The number of piperidine rings is 1. The van der Waals surface area contributed by atoms with Gasteiger partial charge in [-0.1, -0.05) is 18.2 Å². The number of carboxylic acids is 1. The maximum absolute atomic E-state index is 11.6. The molecule has 1 saturated heterocycles. The first-order valence-corrected chi connectivity index (χ1v) is 7.84. The molecule has 2 heterocycles. The van der Waals surface area contributed by atoms with Crippen LogP contribution in [0.3, 0.4) is 0 Å². The highest BCUT2D eigenvalue weighted by Gasteiger charge is 2.30. The number of carboxylic acid groups (broad SMARTS) is 1. The summed E-state index contributed by atoms with van der Waals surface area (Å²) in [4.78, 5) is 14.9. The van der Waals surface area contributed by atoms with Crippen molar-refractivity contribution in [3.63, 3.8) is 0 Å². The van der Waals surface area contributed by atoms with Crippen molar-refractivity contribution in [1.82, 2.24) is 15.0 Å². The average Bonchev–Trinajstić information content (AvgIpc) is 3.02. The van der Waals surface area contributed by atoms with E-state index in [1.807, 2.05) is 35.2 Å². The van der Waals surface area contributed by atoms with Gasteiger partial charge in [-0.05, 0) is 37.8 Å². The predicted octanol–water partition coefficient (Wildman–Crippen LogP) is 1.71. The summed E-state index contributed by atoms with van der Waals surface area (Å²) in [5.74, 6) is -0.699. The third-order valence-electron chi connectivity index (χ3n) is 4.15. The number of aliphatic hydroxyl groups is 1. The molecular formula is C16H20N4O3. The SMILES string of the molecule is O=C(O)c1nn(-c2ccccc2)nc1N1CCCCC1CCO. The number of carbonyl (C=O) groups is 1. The summed E-state index contributed by atoms with van der Waals surface area (Å²) in [6.07, 6.45) is 3.60. The molecule has 1 aliphatic rings. The zero-order valence-corrected chi connectivity index (χ0v) is 12.8. The number of aromatic nitrogens is 3. The molecule has 23 heavy (non-hydrogen) atoms. The van der Waals surface area contributed by atoms with Gasteiger partial charge in [0.15, 0.2) is 5.82 Å². The van der Waals surface area contributed by atoms with Gasteiger partial charge in [-0.3, -0.25) is 0 Å². The number of anilines is 1. The van der Waals surface area contributed by atoms with Crippen molar-refractivity contribution in [1.29, 1.82) is 0 Å². The molecule has 1 atom stereocenters. The van der Waals surface area contributed by atoms with E-state index in [4.69, 9.17) is 0 Å². The lowest BCUT2D eigenvalue weighted by molar-refractivity contribution is 0.0690. The molecule has 7 nitrogen and oxygen atoms in total. The van der Waals surface area contributed by atoms with Crippen molar-refractivity contribution in [2.45, 2.75) is 31.7 Å². The normalized spacial score (nSPS) is 18.1. The van der Waals surface area contributed by atoms with Gasteiger partial charge in [-0.25, -0.2) is 4.79 Å². The van der Waals surface area contributed by atoms with Gasteiger partial charge in [0.1, 0.15) is 0 Å². The van der Waals surface area contributed by atoms with E-state index in [2.05, 4.69) is 10.2 Å². The molecule has 0 saturated carbocycles. The topological polar surface area (TPSA) is 91.5 Å². The van der Waals surface area contributed by atoms with Crippen LogP contribution in [0.4, 0.5) is 5.82 Å². The third kappa shape index (κ3) is 3.19. The predicted molar refractivity (Wildman–Crippen MR) is 85.0 cm³/mol. The van der Waals surface area contributed by atoms with Crippen LogP contribution in [0.25, 0.3) is 5.69 Å². The Balaban J connectivity index is 2.00. The fourth-order valence-electron chi connectivity index (χ4n) is 3.04. The lowest BCUT2D eigenvalue weighted by atomic mass is 9.99. The molecule has 1 aliphatic heterocycles. The molecule has 1 aromatic carbocycles. The van der Waals surface area contributed by atoms with Crippen molar-refractivity contribution in [3.8, 4) is 5.69 Å². The zero-order chi connectivity index (χ0) is 16.2. The van der Waals surface area contributed by atoms with Gasteiger partial charge in [0.25, 0.3) is 0 Å². The minimum absolute atomic E-state index is 0.0429. The van der Waals surface area contributed by atoms with E-state index < -0.39 is 5.97 Å². The summed E-state index contributed by atoms with van der Waals surface area (Å²) in [5.41, 5.74) is 0.677. The van der Waals surface area contributed by atoms with E-state index in [1.165, 1.54) is 4.80 Å². The van der Waals surface area contributed by atoms with Crippen LogP contribution in [0.5, 0.6) is 0 Å².